The number of anilines is 1. The van der Waals surface area contributed by atoms with E-state index in [1.165, 1.54) is 6.20 Å². The molecule has 1 aromatic rings. The zero-order valence-electron chi connectivity index (χ0n) is 9.14. The Hall–Kier alpha value is -1.57. The number of rotatable bonds is 3. The van der Waals surface area contributed by atoms with E-state index in [4.69, 9.17) is 0 Å². The molecule has 1 unspecified atom stereocenters. The second-order valence-electron chi connectivity index (χ2n) is 4.09. The molecule has 7 nitrogen and oxygen atoms in total. The van der Waals surface area contributed by atoms with Crippen molar-refractivity contribution < 1.29 is 13.2 Å². The van der Waals surface area contributed by atoms with Gasteiger partial charge in [0.05, 0.1) is 23.4 Å². The zero-order valence-corrected chi connectivity index (χ0v) is 9.96. The first-order valence-electron chi connectivity index (χ1n) is 5.29. The van der Waals surface area contributed by atoms with Gasteiger partial charge in [-0.25, -0.2) is 13.2 Å². The summed E-state index contributed by atoms with van der Waals surface area (Å²) >= 11 is 0. The average Bonchev–Trinajstić information content (AvgIpc) is 2.85. The maximum absolute atomic E-state index is 11.4. The number of hydrogen-bond donors (Lipinski definition) is 3. The Kier molecular flexibility index (Phi) is 3.32. The van der Waals surface area contributed by atoms with Gasteiger partial charge in [0.2, 0.25) is 0 Å². The van der Waals surface area contributed by atoms with Gasteiger partial charge in [0.1, 0.15) is 0 Å². The van der Waals surface area contributed by atoms with E-state index >= 15 is 0 Å². The lowest BCUT2D eigenvalue weighted by Crippen LogP contribution is -2.33. The van der Waals surface area contributed by atoms with E-state index in [0.717, 1.165) is 0 Å². The fraction of sp³-hybridized carbons (Fsp3) is 0.556. The third-order valence-electron chi connectivity index (χ3n) is 2.63. The van der Waals surface area contributed by atoms with Gasteiger partial charge >= 0.3 is 6.03 Å². The van der Waals surface area contributed by atoms with Gasteiger partial charge in [0, 0.05) is 12.7 Å². The molecule has 0 aliphatic carbocycles. The van der Waals surface area contributed by atoms with Crippen molar-refractivity contribution in [3.8, 4) is 0 Å². The Morgan fingerprint density at radius 1 is 1.59 bits per heavy atom. The lowest BCUT2D eigenvalue weighted by molar-refractivity contribution is 0.250. The summed E-state index contributed by atoms with van der Waals surface area (Å²) in [4.78, 5) is 11.4. The van der Waals surface area contributed by atoms with E-state index < -0.39 is 9.84 Å². The average molecular weight is 258 g/mol. The highest BCUT2D eigenvalue weighted by atomic mass is 32.2. The molecular weight excluding hydrogens is 244 g/mol. The van der Waals surface area contributed by atoms with E-state index in [9.17, 15) is 13.2 Å². The van der Waals surface area contributed by atoms with Crippen molar-refractivity contribution in [3.05, 3.63) is 12.4 Å². The number of H-pyrrole nitrogens is 1. The minimum atomic E-state index is -2.88. The molecule has 0 radical (unpaired) electrons. The molecule has 2 rings (SSSR count). The van der Waals surface area contributed by atoms with Gasteiger partial charge < -0.3 is 10.6 Å². The fourth-order valence-corrected chi connectivity index (χ4v) is 3.63. The van der Waals surface area contributed by atoms with E-state index in [-0.39, 0.29) is 23.5 Å². The molecule has 1 saturated heterocycles. The molecule has 2 heterocycles. The van der Waals surface area contributed by atoms with E-state index in [1.54, 1.807) is 6.20 Å². The van der Waals surface area contributed by atoms with E-state index in [1.807, 2.05) is 0 Å². The molecule has 17 heavy (non-hydrogen) atoms. The molecule has 94 valence electrons. The van der Waals surface area contributed by atoms with Gasteiger partial charge in [-0.05, 0) is 12.3 Å². The normalized spacial score (nSPS) is 22.2. The third-order valence-corrected chi connectivity index (χ3v) is 4.47. The van der Waals surface area contributed by atoms with Gasteiger partial charge in [0.25, 0.3) is 0 Å². The topological polar surface area (TPSA) is 104 Å². The Labute approximate surface area is 98.9 Å². The minimum Gasteiger partial charge on any atom is -0.338 e. The van der Waals surface area contributed by atoms with Crippen molar-refractivity contribution in [1.82, 2.24) is 15.5 Å². The molecule has 1 aliphatic rings. The smallest absolute Gasteiger partial charge is 0.319 e. The molecule has 0 bridgehead atoms. The van der Waals surface area contributed by atoms with Gasteiger partial charge in [0.15, 0.2) is 9.84 Å². The van der Waals surface area contributed by atoms with Crippen LogP contribution in [0.4, 0.5) is 10.5 Å². The second kappa shape index (κ2) is 4.74. The number of aromatic nitrogens is 2. The number of amides is 2. The third kappa shape index (κ3) is 3.45. The lowest BCUT2D eigenvalue weighted by Gasteiger charge is -2.09. The van der Waals surface area contributed by atoms with Crippen molar-refractivity contribution in [3.63, 3.8) is 0 Å². The molecule has 0 aromatic carbocycles. The molecule has 1 aromatic heterocycles. The molecule has 3 N–H and O–H groups in total. The maximum Gasteiger partial charge on any atom is 0.319 e. The summed E-state index contributed by atoms with van der Waals surface area (Å²) in [7, 11) is -2.88. The Morgan fingerprint density at radius 2 is 2.41 bits per heavy atom. The first kappa shape index (κ1) is 11.9. The van der Waals surface area contributed by atoms with Gasteiger partial charge in [-0.2, -0.15) is 5.10 Å². The summed E-state index contributed by atoms with van der Waals surface area (Å²) in [6, 6.07) is -0.351. The Bertz CT molecular complexity index is 482. The number of nitrogens with zero attached hydrogens (tertiary/aromatic N) is 1. The van der Waals surface area contributed by atoms with E-state index in [2.05, 4.69) is 20.8 Å². The van der Waals surface area contributed by atoms with Gasteiger partial charge in [-0.1, -0.05) is 0 Å². The van der Waals surface area contributed by atoms with Crippen LogP contribution in [-0.2, 0) is 9.84 Å². The summed E-state index contributed by atoms with van der Waals surface area (Å²) in [5, 5.41) is 11.5. The largest absolute Gasteiger partial charge is 0.338 e. The number of carbonyl (C=O) groups is 1. The summed E-state index contributed by atoms with van der Waals surface area (Å²) in [5.41, 5.74) is 0.571. The van der Waals surface area contributed by atoms with Crippen LogP contribution in [0, 0.1) is 5.92 Å². The summed E-state index contributed by atoms with van der Waals surface area (Å²) in [6.07, 6.45) is 3.66. The highest BCUT2D eigenvalue weighted by Gasteiger charge is 2.27. The van der Waals surface area contributed by atoms with Crippen molar-refractivity contribution >= 4 is 21.6 Å². The number of urea groups is 1. The van der Waals surface area contributed by atoms with Gasteiger partial charge in [-0.15, -0.1) is 0 Å². The maximum atomic E-state index is 11.4. The highest BCUT2D eigenvalue weighted by Crippen LogP contribution is 2.17. The standard InChI is InChI=1S/C9H14N4O3S/c14-9(13-8-4-11-12-5-8)10-3-7-1-2-17(15,16)6-7/h4-5,7H,1-3,6H2,(H,11,12)(H2,10,13,14). The van der Waals surface area contributed by atoms with Crippen LogP contribution in [0.1, 0.15) is 6.42 Å². The predicted molar refractivity (Wildman–Crippen MR) is 62.4 cm³/mol. The molecule has 1 atom stereocenters. The van der Waals surface area contributed by atoms with Gasteiger partial charge in [-0.3, -0.25) is 5.10 Å². The molecular formula is C9H14N4O3S. The van der Waals surface area contributed by atoms with Crippen molar-refractivity contribution in [2.45, 2.75) is 6.42 Å². The number of carbonyl (C=O) groups excluding carboxylic acids is 1. The molecule has 0 saturated carbocycles. The zero-order chi connectivity index (χ0) is 12.3. The van der Waals surface area contributed by atoms with Crippen LogP contribution < -0.4 is 10.6 Å². The van der Waals surface area contributed by atoms with Crippen LogP contribution in [-0.4, -0.2) is 42.7 Å². The SMILES string of the molecule is O=C(NCC1CCS(=O)(=O)C1)Nc1cn[nH]c1. The molecule has 8 heteroatoms. The quantitative estimate of drug-likeness (QED) is 0.708. The summed E-state index contributed by atoms with van der Waals surface area (Å²) in [6.45, 7) is 0.378. The minimum absolute atomic E-state index is 0.0232. The Morgan fingerprint density at radius 3 is 3.00 bits per heavy atom. The number of nitrogens with one attached hydrogen (secondary N) is 3. The molecule has 2 amide bonds. The van der Waals surface area contributed by atoms with Crippen LogP contribution in [0.5, 0.6) is 0 Å². The molecule has 1 aliphatic heterocycles. The monoisotopic (exact) mass is 258 g/mol. The molecule has 0 spiro atoms. The number of hydrogen-bond acceptors (Lipinski definition) is 4. The van der Waals surface area contributed by atoms with E-state index in [0.29, 0.717) is 18.7 Å². The van der Waals surface area contributed by atoms with Crippen LogP contribution in [0.2, 0.25) is 0 Å². The van der Waals surface area contributed by atoms with Crippen molar-refractivity contribution in [2.24, 2.45) is 5.92 Å². The van der Waals surface area contributed by atoms with Crippen LogP contribution in [0.15, 0.2) is 12.4 Å². The first-order valence-corrected chi connectivity index (χ1v) is 7.11. The van der Waals surface area contributed by atoms with Crippen molar-refractivity contribution in [2.75, 3.05) is 23.4 Å². The summed E-state index contributed by atoms with van der Waals surface area (Å²) < 4.78 is 22.4. The highest BCUT2D eigenvalue weighted by molar-refractivity contribution is 7.91. The summed E-state index contributed by atoms with van der Waals surface area (Å²) in [5.74, 6) is 0.414. The predicted octanol–water partition coefficient (Wildman–Crippen LogP) is -0.0341. The lowest BCUT2D eigenvalue weighted by atomic mass is 10.1. The number of aromatic amines is 1. The molecule has 1 fully saturated rings. The van der Waals surface area contributed by atoms with Crippen molar-refractivity contribution in [1.29, 1.82) is 0 Å². The van der Waals surface area contributed by atoms with Crippen LogP contribution in [0.25, 0.3) is 0 Å². The fourth-order valence-electron chi connectivity index (χ4n) is 1.76. The second-order valence-corrected chi connectivity index (χ2v) is 6.32. The number of sulfone groups is 1. The van der Waals surface area contributed by atoms with Crippen LogP contribution >= 0.6 is 0 Å². The Balaban J connectivity index is 1.74. The first-order chi connectivity index (χ1) is 8.05. The van der Waals surface area contributed by atoms with Crippen LogP contribution in [0.3, 0.4) is 0 Å².